The summed E-state index contributed by atoms with van der Waals surface area (Å²) in [6, 6.07) is 5.31. The zero-order valence-corrected chi connectivity index (χ0v) is 28.6. The summed E-state index contributed by atoms with van der Waals surface area (Å²) in [5, 5.41) is 19.7. The molecule has 10 heteroatoms. The Bertz CT molecular complexity index is 1420. The van der Waals surface area contributed by atoms with Crippen molar-refractivity contribution >= 4 is 23.3 Å². The number of benzene rings is 1. The Morgan fingerprint density at radius 2 is 1.84 bits per heavy atom. The van der Waals surface area contributed by atoms with Crippen LogP contribution < -0.4 is 10.6 Å². The number of hydrogen-bond acceptors (Lipinski definition) is 9. The average Bonchev–Trinajstić information content (AvgIpc) is 3.42. The standard InChI is InChI=1S/C35H52N4O6/c1-19(2)26(38(9)10)29(41)44-22-14-20(3)39-18-33(36-8)17-34(32(6,7)35(33,43)16-21(39)15-22)24-13-11-12-23(25(24)37-30(34)42)27(40)28-31(4,5)45-28/h11-13,19-22,26,28,36,43H,14-18H2,1-10H3,(H,37,42)/t20-,21+,22+,26-,28+,33+,34-,35-/m0/s1. The number of para-hydroxylation sites is 1. The van der Waals surface area contributed by atoms with Crippen LogP contribution in [0.25, 0.3) is 0 Å². The Labute approximate surface area is 267 Å². The normalized spacial score (nSPS) is 38.5. The maximum Gasteiger partial charge on any atom is 0.323 e. The third-order valence-electron chi connectivity index (χ3n) is 12.5. The van der Waals surface area contributed by atoms with Gasteiger partial charge in [-0.05, 0) is 78.7 Å². The number of rotatable bonds is 7. The molecule has 248 valence electrons. The van der Waals surface area contributed by atoms with E-state index in [0.29, 0.717) is 43.5 Å². The van der Waals surface area contributed by atoms with Crippen molar-refractivity contribution in [2.75, 3.05) is 33.0 Å². The van der Waals surface area contributed by atoms with E-state index in [1.165, 1.54) is 0 Å². The molecule has 4 heterocycles. The summed E-state index contributed by atoms with van der Waals surface area (Å²) < 4.78 is 11.8. The number of amides is 1. The number of piperidine rings is 2. The van der Waals surface area contributed by atoms with Crippen molar-refractivity contribution in [1.82, 2.24) is 15.1 Å². The van der Waals surface area contributed by atoms with Crippen molar-refractivity contribution in [3.8, 4) is 0 Å². The van der Waals surface area contributed by atoms with Gasteiger partial charge in [0.25, 0.3) is 0 Å². The van der Waals surface area contributed by atoms with Crippen LogP contribution in [0.3, 0.4) is 0 Å². The first-order chi connectivity index (χ1) is 20.9. The van der Waals surface area contributed by atoms with Gasteiger partial charge in [-0.3, -0.25) is 24.2 Å². The van der Waals surface area contributed by atoms with E-state index in [1.54, 1.807) is 6.07 Å². The number of esters is 1. The summed E-state index contributed by atoms with van der Waals surface area (Å²) in [6.07, 6.45) is 1.34. The number of ether oxygens (including phenoxy) is 2. The molecule has 0 aromatic heterocycles. The molecule has 1 aliphatic carbocycles. The number of epoxide rings is 1. The Kier molecular flexibility index (Phi) is 7.46. The van der Waals surface area contributed by atoms with Gasteiger partial charge in [-0.15, -0.1) is 0 Å². The number of fused-ring (bicyclic) bond motifs is 4. The van der Waals surface area contributed by atoms with Crippen molar-refractivity contribution in [2.45, 2.75) is 127 Å². The van der Waals surface area contributed by atoms with Gasteiger partial charge in [0.2, 0.25) is 5.91 Å². The lowest BCUT2D eigenvalue weighted by atomic mass is 9.57. The fourth-order valence-corrected chi connectivity index (χ4v) is 9.91. The summed E-state index contributed by atoms with van der Waals surface area (Å²) >= 11 is 0. The Balaban J connectivity index is 1.35. The molecule has 8 atom stereocenters. The minimum absolute atomic E-state index is 0.0320. The van der Waals surface area contributed by atoms with Crippen LogP contribution in [-0.2, 0) is 24.5 Å². The second-order valence-corrected chi connectivity index (χ2v) is 16.1. The molecule has 6 rings (SSSR count). The second-order valence-electron chi connectivity index (χ2n) is 16.1. The van der Waals surface area contributed by atoms with Crippen LogP contribution >= 0.6 is 0 Å². The number of carbonyl (C=O) groups excluding carboxylic acids is 3. The predicted molar refractivity (Wildman–Crippen MR) is 171 cm³/mol. The molecule has 0 radical (unpaired) electrons. The van der Waals surface area contributed by atoms with Crippen LogP contribution in [0.1, 0.15) is 90.1 Å². The van der Waals surface area contributed by atoms with Gasteiger partial charge >= 0.3 is 5.97 Å². The van der Waals surface area contributed by atoms with Gasteiger partial charge in [0.15, 0.2) is 5.78 Å². The number of hydrogen-bond donors (Lipinski definition) is 3. The third kappa shape index (κ3) is 4.35. The smallest absolute Gasteiger partial charge is 0.323 e. The molecule has 0 bridgehead atoms. The van der Waals surface area contributed by atoms with E-state index in [4.69, 9.17) is 9.47 Å². The van der Waals surface area contributed by atoms with Crippen LogP contribution in [0, 0.1) is 11.3 Å². The number of carbonyl (C=O) groups is 3. The van der Waals surface area contributed by atoms with Gasteiger partial charge in [0, 0.05) is 36.0 Å². The molecule has 4 aliphatic heterocycles. The topological polar surface area (TPSA) is 124 Å². The number of likely N-dealkylation sites (N-methyl/N-ethyl adjacent to an activating group) is 2. The first-order valence-corrected chi connectivity index (χ1v) is 16.6. The fourth-order valence-electron chi connectivity index (χ4n) is 9.91. The number of nitrogens with one attached hydrogen (secondary N) is 2. The molecule has 1 aromatic carbocycles. The molecule has 3 saturated heterocycles. The van der Waals surface area contributed by atoms with Gasteiger partial charge in [-0.2, -0.15) is 0 Å². The van der Waals surface area contributed by atoms with Crippen molar-refractivity contribution in [3.63, 3.8) is 0 Å². The number of ketones is 1. The van der Waals surface area contributed by atoms with E-state index in [1.807, 2.05) is 79.7 Å². The molecule has 0 unspecified atom stereocenters. The molecule has 1 saturated carbocycles. The Morgan fingerprint density at radius 1 is 1.18 bits per heavy atom. The van der Waals surface area contributed by atoms with Crippen LogP contribution in [0.4, 0.5) is 5.69 Å². The fraction of sp³-hybridized carbons (Fsp3) is 0.743. The van der Waals surface area contributed by atoms with Crippen molar-refractivity contribution in [1.29, 1.82) is 0 Å². The third-order valence-corrected chi connectivity index (χ3v) is 12.5. The Hall–Kier alpha value is -2.37. The maximum atomic E-state index is 14.4. The lowest BCUT2D eigenvalue weighted by molar-refractivity contribution is -0.185. The van der Waals surface area contributed by atoms with E-state index in [9.17, 15) is 19.5 Å². The first-order valence-electron chi connectivity index (χ1n) is 16.6. The molecule has 10 nitrogen and oxygen atoms in total. The van der Waals surface area contributed by atoms with Gasteiger partial charge in [-0.25, -0.2) is 0 Å². The van der Waals surface area contributed by atoms with Gasteiger partial charge in [0.05, 0.1) is 27.8 Å². The van der Waals surface area contributed by atoms with Gasteiger partial charge in [-0.1, -0.05) is 39.8 Å². The SMILES string of the molecule is CN[C@]12CN3[C@H](C[C@H](OC(=O)[C@H](C(C)C)N(C)C)C[C@@H]3C)C[C@]1(O)C(C)(C)[C@]1(C2)C(=O)Nc2c(C(=O)[C@H]3OC3(C)C)cccc21. The first kappa shape index (κ1) is 32.6. The molecule has 3 N–H and O–H groups in total. The monoisotopic (exact) mass is 624 g/mol. The van der Waals surface area contributed by atoms with E-state index in [0.717, 1.165) is 5.56 Å². The maximum absolute atomic E-state index is 14.4. The minimum Gasteiger partial charge on any atom is -0.461 e. The average molecular weight is 625 g/mol. The highest BCUT2D eigenvalue weighted by Gasteiger charge is 2.79. The molecular formula is C35H52N4O6. The lowest BCUT2D eigenvalue weighted by Gasteiger charge is -2.60. The molecular weight excluding hydrogens is 572 g/mol. The predicted octanol–water partition coefficient (Wildman–Crippen LogP) is 3.11. The van der Waals surface area contributed by atoms with E-state index < -0.39 is 33.7 Å². The van der Waals surface area contributed by atoms with E-state index >= 15 is 0 Å². The highest BCUT2D eigenvalue weighted by Crippen LogP contribution is 2.69. The number of anilines is 1. The lowest BCUT2D eigenvalue weighted by Crippen LogP contribution is -2.75. The molecule has 4 fully saturated rings. The molecule has 1 amide bonds. The summed E-state index contributed by atoms with van der Waals surface area (Å²) in [5.74, 6) is -0.404. The van der Waals surface area contributed by atoms with E-state index in [-0.39, 0.29) is 47.8 Å². The van der Waals surface area contributed by atoms with E-state index in [2.05, 4.69) is 22.5 Å². The molecule has 45 heavy (non-hydrogen) atoms. The number of Topliss-reactive ketones (excluding diaryl/α,β-unsaturated/α-hetero) is 1. The number of aliphatic hydroxyl groups is 1. The van der Waals surface area contributed by atoms with Crippen molar-refractivity contribution in [3.05, 3.63) is 29.3 Å². The second kappa shape index (κ2) is 10.3. The molecule has 5 aliphatic rings. The molecule has 1 aromatic rings. The van der Waals surface area contributed by atoms with Crippen LogP contribution in [0.15, 0.2) is 18.2 Å². The van der Waals surface area contributed by atoms with Crippen LogP contribution in [0.5, 0.6) is 0 Å². The van der Waals surface area contributed by atoms with Gasteiger partial charge < -0.3 is 25.2 Å². The zero-order valence-electron chi connectivity index (χ0n) is 28.6. The summed E-state index contributed by atoms with van der Waals surface area (Å²) in [4.78, 5) is 45.5. The van der Waals surface area contributed by atoms with Crippen LogP contribution in [0.2, 0.25) is 0 Å². The minimum atomic E-state index is -1.29. The highest BCUT2D eigenvalue weighted by molar-refractivity contribution is 6.15. The van der Waals surface area contributed by atoms with Gasteiger partial charge in [0.1, 0.15) is 18.2 Å². The zero-order chi connectivity index (χ0) is 33.1. The van der Waals surface area contributed by atoms with Crippen molar-refractivity contribution in [2.24, 2.45) is 11.3 Å². The largest absolute Gasteiger partial charge is 0.461 e. The Morgan fingerprint density at radius 3 is 2.42 bits per heavy atom. The summed E-state index contributed by atoms with van der Waals surface area (Å²) in [6.45, 7) is 14.6. The quantitative estimate of drug-likeness (QED) is 0.239. The van der Waals surface area contributed by atoms with Crippen molar-refractivity contribution < 1.29 is 29.0 Å². The summed E-state index contributed by atoms with van der Waals surface area (Å²) in [7, 11) is 5.69. The highest BCUT2D eigenvalue weighted by atomic mass is 16.6. The number of nitrogens with zero attached hydrogens (tertiary/aromatic N) is 2. The summed E-state index contributed by atoms with van der Waals surface area (Å²) in [5.41, 5.74) is -2.83. The van der Waals surface area contributed by atoms with Crippen LogP contribution in [-0.4, -0.2) is 107 Å². The molecule has 1 spiro atoms.